The number of hydrogen-bond acceptors (Lipinski definition) is 6. The number of nitrogens with zero attached hydrogens (tertiary/aromatic N) is 1. The molecule has 0 spiro atoms. The second kappa shape index (κ2) is 11.5. The summed E-state index contributed by atoms with van der Waals surface area (Å²) in [6.45, 7) is 2.57. The highest BCUT2D eigenvalue weighted by Gasteiger charge is 2.18. The van der Waals surface area contributed by atoms with Crippen LogP contribution in [0.5, 0.6) is 11.5 Å². The predicted molar refractivity (Wildman–Crippen MR) is 112 cm³/mol. The van der Waals surface area contributed by atoms with Crippen LogP contribution in [-0.2, 0) is 21.0 Å². The Balaban J connectivity index is 2.20. The van der Waals surface area contributed by atoms with Crippen LogP contribution in [0.4, 0.5) is 0 Å². The molecule has 0 aliphatic carbocycles. The van der Waals surface area contributed by atoms with Gasteiger partial charge in [0.2, 0.25) is 0 Å². The Morgan fingerprint density at radius 3 is 2.45 bits per heavy atom. The third-order valence-electron chi connectivity index (χ3n) is 3.75. The van der Waals surface area contributed by atoms with Gasteiger partial charge in [0.15, 0.2) is 18.3 Å². The number of carbonyl (C=O) groups is 1. The van der Waals surface area contributed by atoms with Gasteiger partial charge in [0.25, 0.3) is 5.91 Å². The van der Waals surface area contributed by atoms with Crippen molar-refractivity contribution in [2.24, 2.45) is 5.16 Å². The minimum atomic E-state index is -0.374. The van der Waals surface area contributed by atoms with Gasteiger partial charge >= 0.3 is 0 Å². The molecule has 156 valence electrons. The van der Waals surface area contributed by atoms with Crippen LogP contribution >= 0.6 is 23.2 Å². The van der Waals surface area contributed by atoms with Gasteiger partial charge in [-0.3, -0.25) is 4.79 Å². The van der Waals surface area contributed by atoms with E-state index in [4.69, 9.17) is 42.3 Å². The molecule has 0 aliphatic rings. The van der Waals surface area contributed by atoms with Crippen molar-refractivity contribution in [3.63, 3.8) is 0 Å². The standard InChI is InChI=1S/C20H22Cl2N2O5/c1-4-27-12-29-19-16(21)9-14(10-17(19)22)28-11-13-7-5-6-8-15(13)18(24-26-3)20(25)23-2/h5-10H,4,11-12H2,1-3H3,(H,23,25)/b24-18+. The van der Waals surface area contributed by atoms with Gasteiger partial charge in [-0.05, 0) is 12.5 Å². The van der Waals surface area contributed by atoms with Gasteiger partial charge in [0.05, 0.1) is 10.0 Å². The molecule has 7 nitrogen and oxygen atoms in total. The van der Waals surface area contributed by atoms with E-state index in [9.17, 15) is 4.79 Å². The van der Waals surface area contributed by atoms with E-state index in [1.165, 1.54) is 14.2 Å². The maximum atomic E-state index is 12.1. The molecule has 0 aromatic heterocycles. The number of ether oxygens (including phenoxy) is 3. The van der Waals surface area contributed by atoms with Crippen molar-refractivity contribution < 1.29 is 23.8 Å². The molecule has 1 N–H and O–H groups in total. The molecule has 9 heteroatoms. The van der Waals surface area contributed by atoms with Gasteiger partial charge in [-0.25, -0.2) is 0 Å². The number of halogens is 2. The summed E-state index contributed by atoms with van der Waals surface area (Å²) in [6, 6.07) is 10.4. The molecule has 29 heavy (non-hydrogen) atoms. The molecule has 0 atom stereocenters. The largest absolute Gasteiger partial charge is 0.489 e. The van der Waals surface area contributed by atoms with Crippen LogP contribution in [0.1, 0.15) is 18.1 Å². The zero-order valence-electron chi connectivity index (χ0n) is 16.3. The lowest BCUT2D eigenvalue weighted by Gasteiger charge is -2.14. The molecule has 0 bridgehead atoms. The summed E-state index contributed by atoms with van der Waals surface area (Å²) in [5, 5.41) is 6.97. The molecule has 0 radical (unpaired) electrons. The number of oxime groups is 1. The third-order valence-corrected chi connectivity index (χ3v) is 4.32. The zero-order valence-corrected chi connectivity index (χ0v) is 17.8. The number of hydrogen-bond donors (Lipinski definition) is 1. The minimum Gasteiger partial charge on any atom is -0.489 e. The number of amides is 1. The van der Waals surface area contributed by atoms with Gasteiger partial charge in [0.1, 0.15) is 19.5 Å². The van der Waals surface area contributed by atoms with E-state index in [0.29, 0.717) is 33.7 Å². The number of benzene rings is 2. The van der Waals surface area contributed by atoms with Crippen LogP contribution in [0.15, 0.2) is 41.6 Å². The lowest BCUT2D eigenvalue weighted by atomic mass is 10.0. The van der Waals surface area contributed by atoms with Gasteiger partial charge in [-0.15, -0.1) is 0 Å². The van der Waals surface area contributed by atoms with Gasteiger partial charge in [-0.1, -0.05) is 52.6 Å². The average molecular weight is 441 g/mol. The first-order chi connectivity index (χ1) is 14.0. The van der Waals surface area contributed by atoms with Crippen LogP contribution in [0.25, 0.3) is 0 Å². The summed E-state index contributed by atoms with van der Waals surface area (Å²) in [5.41, 5.74) is 1.46. The molecule has 0 unspecified atom stereocenters. The Labute approximate surface area is 179 Å². The monoisotopic (exact) mass is 440 g/mol. The second-order valence-corrected chi connectivity index (χ2v) is 6.43. The Hall–Kier alpha value is -2.48. The Morgan fingerprint density at radius 1 is 1.14 bits per heavy atom. The summed E-state index contributed by atoms with van der Waals surface area (Å²) >= 11 is 12.5. The van der Waals surface area contributed by atoms with Gasteiger partial charge in [-0.2, -0.15) is 0 Å². The molecule has 0 heterocycles. The highest BCUT2D eigenvalue weighted by Crippen LogP contribution is 2.37. The molecule has 1 amide bonds. The first kappa shape index (κ1) is 22.8. The van der Waals surface area contributed by atoms with Crippen molar-refractivity contribution in [2.45, 2.75) is 13.5 Å². The van der Waals surface area contributed by atoms with Crippen LogP contribution in [0, 0.1) is 0 Å². The number of likely N-dealkylation sites (N-methyl/N-ethyl adjacent to an activating group) is 1. The topological polar surface area (TPSA) is 78.4 Å². The summed E-state index contributed by atoms with van der Waals surface area (Å²) in [5.74, 6) is 0.397. The fourth-order valence-electron chi connectivity index (χ4n) is 2.40. The van der Waals surface area contributed by atoms with Crippen LogP contribution < -0.4 is 14.8 Å². The SMILES string of the molecule is CCOCOc1c(Cl)cc(OCc2ccccc2/C(=N\OC)C(=O)NC)cc1Cl. The van der Waals surface area contributed by atoms with Crippen LogP contribution in [-0.4, -0.2) is 39.2 Å². The molecular formula is C20H22Cl2N2O5. The van der Waals surface area contributed by atoms with Crippen molar-refractivity contribution in [3.8, 4) is 11.5 Å². The summed E-state index contributed by atoms with van der Waals surface area (Å²) < 4.78 is 16.4. The van der Waals surface area contributed by atoms with Crippen molar-refractivity contribution in [2.75, 3.05) is 27.6 Å². The summed E-state index contributed by atoms with van der Waals surface area (Å²) in [4.78, 5) is 17.0. The van der Waals surface area contributed by atoms with E-state index < -0.39 is 0 Å². The zero-order chi connectivity index (χ0) is 21.2. The smallest absolute Gasteiger partial charge is 0.273 e. The highest BCUT2D eigenvalue weighted by atomic mass is 35.5. The van der Waals surface area contributed by atoms with Crippen molar-refractivity contribution >= 4 is 34.8 Å². The van der Waals surface area contributed by atoms with E-state index in [2.05, 4.69) is 10.5 Å². The van der Waals surface area contributed by atoms with Gasteiger partial charge in [0, 0.05) is 31.4 Å². The maximum Gasteiger partial charge on any atom is 0.273 e. The van der Waals surface area contributed by atoms with Gasteiger partial charge < -0.3 is 24.4 Å². The first-order valence-corrected chi connectivity index (χ1v) is 9.51. The van der Waals surface area contributed by atoms with Crippen LogP contribution in [0.3, 0.4) is 0 Å². The normalized spacial score (nSPS) is 11.1. The Bertz CT molecular complexity index is 851. The Kier molecular flexibility index (Phi) is 9.05. The Morgan fingerprint density at radius 2 is 1.83 bits per heavy atom. The highest BCUT2D eigenvalue weighted by molar-refractivity contribution is 6.45. The lowest BCUT2D eigenvalue weighted by molar-refractivity contribution is -0.114. The second-order valence-electron chi connectivity index (χ2n) is 5.62. The summed E-state index contributed by atoms with van der Waals surface area (Å²) in [7, 11) is 2.90. The number of carbonyl (C=O) groups excluding carboxylic acids is 1. The molecule has 0 aliphatic heterocycles. The molecule has 0 saturated heterocycles. The van der Waals surface area contributed by atoms with Crippen molar-refractivity contribution in [3.05, 3.63) is 57.6 Å². The molecule has 0 fully saturated rings. The van der Waals surface area contributed by atoms with E-state index in [1.54, 1.807) is 24.3 Å². The fraction of sp³-hybridized carbons (Fsp3) is 0.300. The lowest BCUT2D eigenvalue weighted by Crippen LogP contribution is -2.29. The van der Waals surface area contributed by atoms with Crippen LogP contribution in [0.2, 0.25) is 10.0 Å². The average Bonchev–Trinajstić information content (AvgIpc) is 2.72. The fourth-order valence-corrected chi connectivity index (χ4v) is 2.98. The number of rotatable bonds is 10. The number of nitrogens with one attached hydrogen (secondary N) is 1. The maximum absolute atomic E-state index is 12.1. The quantitative estimate of drug-likeness (QED) is 0.261. The van der Waals surface area contributed by atoms with E-state index >= 15 is 0 Å². The first-order valence-electron chi connectivity index (χ1n) is 8.75. The third kappa shape index (κ3) is 6.25. The molecular weight excluding hydrogens is 419 g/mol. The molecule has 2 aromatic rings. The molecule has 2 aromatic carbocycles. The molecule has 2 rings (SSSR count). The van der Waals surface area contributed by atoms with E-state index in [-0.39, 0.29) is 25.0 Å². The van der Waals surface area contributed by atoms with E-state index in [1.807, 2.05) is 19.1 Å². The predicted octanol–water partition coefficient (Wildman–Crippen LogP) is 4.04. The van der Waals surface area contributed by atoms with Crippen molar-refractivity contribution in [1.82, 2.24) is 5.32 Å². The summed E-state index contributed by atoms with van der Waals surface area (Å²) in [6.07, 6.45) is 0. The van der Waals surface area contributed by atoms with E-state index in [0.717, 1.165) is 5.56 Å². The van der Waals surface area contributed by atoms with Crippen molar-refractivity contribution in [1.29, 1.82) is 0 Å². The minimum absolute atomic E-state index is 0.0463. The molecule has 0 saturated carbocycles.